The fourth-order valence-corrected chi connectivity index (χ4v) is 5.06. The van der Waals surface area contributed by atoms with E-state index in [4.69, 9.17) is 0 Å². The molecule has 6 nitrogen and oxygen atoms in total. The van der Waals surface area contributed by atoms with E-state index < -0.39 is 0 Å². The molecule has 27 heavy (non-hydrogen) atoms. The Morgan fingerprint density at radius 2 is 2.07 bits per heavy atom. The summed E-state index contributed by atoms with van der Waals surface area (Å²) < 4.78 is 1.92. The van der Waals surface area contributed by atoms with Crippen molar-refractivity contribution in [3.8, 4) is 11.5 Å². The minimum absolute atomic E-state index is 0.0965. The van der Waals surface area contributed by atoms with E-state index in [2.05, 4.69) is 20.3 Å². The van der Waals surface area contributed by atoms with Crippen LogP contribution in [-0.4, -0.2) is 25.4 Å². The quantitative estimate of drug-likeness (QED) is 0.564. The van der Waals surface area contributed by atoms with Gasteiger partial charge >= 0.3 is 0 Å². The van der Waals surface area contributed by atoms with Gasteiger partial charge in [0.2, 0.25) is 5.91 Å². The smallest absolute Gasteiger partial charge is 0.246 e. The molecular weight excluding hydrogens is 378 g/mol. The Kier molecular flexibility index (Phi) is 4.21. The van der Waals surface area contributed by atoms with Gasteiger partial charge in [0.1, 0.15) is 12.2 Å². The lowest BCUT2D eigenvalue weighted by atomic mass is 10.0. The second kappa shape index (κ2) is 6.86. The molecule has 5 rings (SSSR count). The molecule has 136 valence electrons. The number of benzene rings is 1. The highest BCUT2D eigenvalue weighted by molar-refractivity contribution is 7.15. The predicted octanol–water partition coefficient (Wildman–Crippen LogP) is 4.13. The highest BCUT2D eigenvalue weighted by atomic mass is 32.1. The number of imidazole rings is 1. The normalized spacial score (nSPS) is 13.6. The average Bonchev–Trinajstić information content (AvgIpc) is 3.39. The number of para-hydroxylation sites is 2. The van der Waals surface area contributed by atoms with Gasteiger partial charge in [-0.1, -0.05) is 12.1 Å². The number of nitrogens with zero attached hydrogens (tertiary/aromatic N) is 4. The van der Waals surface area contributed by atoms with Crippen LogP contribution in [0, 0.1) is 0 Å². The molecule has 1 amide bonds. The molecule has 4 aromatic rings. The van der Waals surface area contributed by atoms with Crippen molar-refractivity contribution >= 4 is 44.7 Å². The van der Waals surface area contributed by atoms with E-state index in [1.54, 1.807) is 16.8 Å². The fourth-order valence-electron chi connectivity index (χ4n) is 3.46. The topological polar surface area (TPSA) is 72.7 Å². The van der Waals surface area contributed by atoms with Gasteiger partial charge in [0, 0.05) is 10.3 Å². The summed E-state index contributed by atoms with van der Waals surface area (Å²) >= 11 is 3.12. The fraction of sp³-hybridized carbons (Fsp3) is 0.263. The van der Waals surface area contributed by atoms with Crippen LogP contribution in [0.2, 0.25) is 0 Å². The van der Waals surface area contributed by atoms with Gasteiger partial charge < -0.3 is 9.88 Å². The van der Waals surface area contributed by atoms with Crippen molar-refractivity contribution in [2.75, 3.05) is 5.32 Å². The number of rotatable bonds is 4. The summed E-state index contributed by atoms with van der Waals surface area (Å²) in [4.78, 5) is 27.7. The van der Waals surface area contributed by atoms with Crippen LogP contribution in [0.15, 0.2) is 35.2 Å². The molecule has 0 bridgehead atoms. The molecule has 0 radical (unpaired) electrons. The number of hydrogen-bond donors (Lipinski definition) is 1. The maximum Gasteiger partial charge on any atom is 0.246 e. The maximum absolute atomic E-state index is 12.7. The Bertz CT molecular complexity index is 1090. The molecule has 8 heteroatoms. The average molecular weight is 396 g/mol. The Morgan fingerprint density at radius 3 is 2.93 bits per heavy atom. The van der Waals surface area contributed by atoms with Gasteiger partial charge in [-0.3, -0.25) is 4.79 Å². The molecule has 0 saturated heterocycles. The zero-order valence-electron chi connectivity index (χ0n) is 14.5. The number of carbonyl (C=O) groups is 1. The van der Waals surface area contributed by atoms with Gasteiger partial charge in [-0.15, -0.1) is 22.7 Å². The van der Waals surface area contributed by atoms with Crippen molar-refractivity contribution < 1.29 is 4.79 Å². The molecule has 0 aliphatic heterocycles. The summed E-state index contributed by atoms with van der Waals surface area (Å²) in [7, 11) is 0. The number of fused-ring (bicyclic) bond motifs is 2. The maximum atomic E-state index is 12.7. The Hall–Kier alpha value is -2.58. The standard InChI is InChI=1S/C19H17N5OS2/c25-17(23-19-22-13-6-2-4-8-16(13)27-19)9-24-15-7-3-1-5-12(15)21-18(24)14-10-26-11-20-14/h1,3,5,7,10-11H,2,4,6,8-9H2,(H,22,23,25). The molecule has 0 fully saturated rings. The van der Waals surface area contributed by atoms with Crippen molar-refractivity contribution in [2.24, 2.45) is 0 Å². The van der Waals surface area contributed by atoms with E-state index in [1.807, 2.05) is 34.2 Å². The lowest BCUT2D eigenvalue weighted by molar-refractivity contribution is -0.116. The van der Waals surface area contributed by atoms with Crippen molar-refractivity contribution in [3.05, 3.63) is 45.7 Å². The number of anilines is 1. The molecule has 1 aliphatic rings. The molecule has 3 aromatic heterocycles. The van der Waals surface area contributed by atoms with Gasteiger partial charge in [0.05, 0.1) is 22.2 Å². The molecule has 0 unspecified atom stereocenters. The zero-order chi connectivity index (χ0) is 18.2. The molecule has 3 heterocycles. The minimum atomic E-state index is -0.0965. The van der Waals surface area contributed by atoms with Crippen LogP contribution < -0.4 is 5.32 Å². The second-order valence-electron chi connectivity index (χ2n) is 6.53. The Labute approximate surface area is 163 Å². The SMILES string of the molecule is O=C(Cn1c(-c2cscn2)nc2ccccc21)Nc1nc2c(s1)CCCC2. The molecule has 0 saturated carbocycles. The van der Waals surface area contributed by atoms with E-state index in [1.165, 1.54) is 29.1 Å². The van der Waals surface area contributed by atoms with Crippen LogP contribution in [0.5, 0.6) is 0 Å². The van der Waals surface area contributed by atoms with Crippen molar-refractivity contribution in [1.29, 1.82) is 0 Å². The monoisotopic (exact) mass is 395 g/mol. The third-order valence-electron chi connectivity index (χ3n) is 4.71. The Morgan fingerprint density at radius 1 is 1.19 bits per heavy atom. The van der Waals surface area contributed by atoms with Crippen LogP contribution in [-0.2, 0) is 24.2 Å². The molecule has 1 aliphatic carbocycles. The van der Waals surface area contributed by atoms with Gasteiger partial charge in [0.15, 0.2) is 11.0 Å². The largest absolute Gasteiger partial charge is 0.313 e. The second-order valence-corrected chi connectivity index (χ2v) is 8.33. The first kappa shape index (κ1) is 16.6. The number of nitrogens with one attached hydrogen (secondary N) is 1. The van der Waals surface area contributed by atoms with Gasteiger partial charge in [0.25, 0.3) is 0 Å². The minimum Gasteiger partial charge on any atom is -0.313 e. The number of aromatic nitrogens is 4. The van der Waals surface area contributed by atoms with Crippen LogP contribution >= 0.6 is 22.7 Å². The summed E-state index contributed by atoms with van der Waals surface area (Å²) in [6.07, 6.45) is 4.48. The van der Waals surface area contributed by atoms with Gasteiger partial charge in [-0.2, -0.15) is 0 Å². The van der Waals surface area contributed by atoms with Crippen molar-refractivity contribution in [3.63, 3.8) is 0 Å². The van der Waals surface area contributed by atoms with Crippen LogP contribution in [0.4, 0.5) is 5.13 Å². The van der Waals surface area contributed by atoms with E-state index in [0.717, 1.165) is 35.3 Å². The van der Waals surface area contributed by atoms with Crippen LogP contribution in [0.25, 0.3) is 22.6 Å². The summed E-state index contributed by atoms with van der Waals surface area (Å²) in [6, 6.07) is 7.84. The summed E-state index contributed by atoms with van der Waals surface area (Å²) in [5.41, 5.74) is 5.50. The van der Waals surface area contributed by atoms with Crippen LogP contribution in [0.3, 0.4) is 0 Å². The van der Waals surface area contributed by atoms with Crippen LogP contribution in [0.1, 0.15) is 23.4 Å². The highest BCUT2D eigenvalue weighted by Gasteiger charge is 2.19. The van der Waals surface area contributed by atoms with Gasteiger partial charge in [-0.05, 0) is 37.8 Å². The van der Waals surface area contributed by atoms with Crippen molar-refractivity contribution in [1.82, 2.24) is 19.5 Å². The number of thiazole rings is 2. The lowest BCUT2D eigenvalue weighted by Gasteiger charge is -2.07. The predicted molar refractivity (Wildman–Crippen MR) is 108 cm³/mol. The molecular formula is C19H17N5OS2. The van der Waals surface area contributed by atoms with Crippen molar-refractivity contribution in [2.45, 2.75) is 32.2 Å². The number of hydrogen-bond acceptors (Lipinski definition) is 6. The molecule has 0 atom stereocenters. The lowest BCUT2D eigenvalue weighted by Crippen LogP contribution is -2.19. The molecule has 1 N–H and O–H groups in total. The summed E-state index contributed by atoms with van der Waals surface area (Å²) in [5, 5.41) is 5.63. The zero-order valence-corrected chi connectivity index (χ0v) is 16.1. The number of carbonyl (C=O) groups excluding carboxylic acids is 1. The third-order valence-corrected chi connectivity index (χ3v) is 6.37. The number of amides is 1. The first-order valence-electron chi connectivity index (χ1n) is 8.90. The van der Waals surface area contributed by atoms with E-state index in [9.17, 15) is 4.79 Å². The number of aryl methyl sites for hydroxylation is 2. The van der Waals surface area contributed by atoms with Gasteiger partial charge in [-0.25, -0.2) is 15.0 Å². The summed E-state index contributed by atoms with van der Waals surface area (Å²) in [5.74, 6) is 0.617. The molecule has 1 aromatic carbocycles. The Balaban J connectivity index is 1.44. The third kappa shape index (κ3) is 3.15. The first-order valence-corrected chi connectivity index (χ1v) is 10.7. The van der Waals surface area contributed by atoms with E-state index >= 15 is 0 Å². The first-order chi connectivity index (χ1) is 13.3. The molecule has 0 spiro atoms. The highest BCUT2D eigenvalue weighted by Crippen LogP contribution is 2.30. The summed E-state index contributed by atoms with van der Waals surface area (Å²) in [6.45, 7) is 0.178. The van der Waals surface area contributed by atoms with E-state index in [-0.39, 0.29) is 12.5 Å². The van der Waals surface area contributed by atoms with E-state index in [0.29, 0.717) is 11.0 Å².